The molecule has 0 saturated carbocycles. The quantitative estimate of drug-likeness (QED) is 0.0386. The zero-order chi connectivity index (χ0) is 52.8. The first-order valence-corrected chi connectivity index (χ1v) is 25.5. The van der Waals surface area contributed by atoms with Crippen LogP contribution >= 0.6 is 71.0 Å². The van der Waals surface area contributed by atoms with Crippen LogP contribution in [0.4, 0.5) is 0 Å². The Morgan fingerprint density at radius 3 is 1.43 bits per heavy atom. The highest BCUT2D eigenvalue weighted by atomic mass is 79.9. The standard InChI is InChI=1S/C18H24Br2O8.C13H16Cl2O2.C9H18O3.C8H15BrO2/c1-3-11(21)8-26-4-5-27-9-12(22)10-28-18(24)14-7-15(19)13(6-16(14)20)17(23)25-2;1-4-13(2,3)12(16)17-8-9-5-10(14)7-11(15)6-9;1-5-9(3,4)8(11)12-6-7(2)10;1-4-8(2,3)7(10)11-6-5-9/h6-7,11-12,21-22H,3-5,8-10H2,1-2H3;5-7H,4,8H2,1-3H3;7,10H,5-6H2,1-4H3;4-6H2,1-3H3. The second-order valence-corrected chi connectivity index (χ2v) is 20.5. The van der Waals surface area contributed by atoms with E-state index in [1.807, 2.05) is 69.2 Å². The van der Waals surface area contributed by atoms with Crippen LogP contribution in [0.15, 0.2) is 39.3 Å². The Morgan fingerprint density at radius 1 is 0.588 bits per heavy atom. The Morgan fingerprint density at radius 2 is 1.01 bits per heavy atom. The van der Waals surface area contributed by atoms with E-state index >= 15 is 0 Å². The normalized spacial score (nSPS) is 12.5. The molecule has 0 radical (unpaired) electrons. The zero-order valence-electron chi connectivity index (χ0n) is 41.4. The maximum absolute atomic E-state index is 12.2. The number of rotatable bonds is 24. The molecule has 0 aromatic heterocycles. The van der Waals surface area contributed by atoms with Crippen LogP contribution in [0.5, 0.6) is 0 Å². The smallest absolute Gasteiger partial charge is 0.339 e. The maximum Gasteiger partial charge on any atom is 0.339 e. The summed E-state index contributed by atoms with van der Waals surface area (Å²) in [6, 6.07) is 7.99. The highest BCUT2D eigenvalue weighted by Crippen LogP contribution is 2.28. The number of hydrogen-bond donors (Lipinski definition) is 3. The van der Waals surface area contributed by atoms with Crippen LogP contribution in [0.2, 0.25) is 10.0 Å². The summed E-state index contributed by atoms with van der Waals surface area (Å²) in [5.74, 6) is -1.78. The molecule has 0 amide bonds. The second kappa shape index (κ2) is 35.7. The van der Waals surface area contributed by atoms with Crippen molar-refractivity contribution in [2.45, 2.75) is 127 Å². The number of aliphatic hydroxyl groups is 3. The SMILES string of the molecule is CCC(C)(C)C(=O)OCC(C)O.CCC(C)(C)C(=O)OCCBr.CCC(C)(C)C(=O)OCc1cc(Cl)cc(Cl)c1.CCC(O)COCCOCC(O)COC(=O)c1cc(Br)c(C(=O)OC)cc1Br. The van der Waals surface area contributed by atoms with Gasteiger partial charge in [0.05, 0.1) is 73.1 Å². The summed E-state index contributed by atoms with van der Waals surface area (Å²) in [5, 5.41) is 29.8. The molecule has 2 rings (SSSR count). The lowest BCUT2D eigenvalue weighted by molar-refractivity contribution is -0.157. The van der Waals surface area contributed by atoms with E-state index in [9.17, 15) is 34.2 Å². The van der Waals surface area contributed by atoms with Crippen LogP contribution in [0.1, 0.15) is 128 Å². The third-order valence-electron chi connectivity index (χ3n) is 9.92. The molecule has 20 heteroatoms. The van der Waals surface area contributed by atoms with Crippen molar-refractivity contribution < 1.29 is 72.5 Å². The molecule has 3 unspecified atom stereocenters. The number of esters is 5. The molecular formula is C48H73Br3Cl2O15. The minimum Gasteiger partial charge on any atom is -0.465 e. The van der Waals surface area contributed by atoms with Gasteiger partial charge in [-0.2, -0.15) is 0 Å². The Kier molecular flexibility index (Phi) is 35.5. The summed E-state index contributed by atoms with van der Waals surface area (Å²) >= 11 is 21.3. The molecule has 2 aromatic carbocycles. The van der Waals surface area contributed by atoms with Crippen molar-refractivity contribution in [3.05, 3.63) is 66.0 Å². The summed E-state index contributed by atoms with van der Waals surface area (Å²) in [6.45, 7) is 21.7. The predicted octanol–water partition coefficient (Wildman–Crippen LogP) is 10.5. The van der Waals surface area contributed by atoms with Gasteiger partial charge in [0.2, 0.25) is 0 Å². The minimum absolute atomic E-state index is 0.0287. The predicted molar refractivity (Wildman–Crippen MR) is 273 cm³/mol. The molecule has 0 aliphatic rings. The Hall–Kier alpha value is -2.39. The Bertz CT molecular complexity index is 1810. The largest absolute Gasteiger partial charge is 0.465 e. The third kappa shape index (κ3) is 29.1. The van der Waals surface area contributed by atoms with Gasteiger partial charge in [-0.15, -0.1) is 0 Å². The number of benzene rings is 2. The van der Waals surface area contributed by atoms with Gasteiger partial charge in [0.1, 0.15) is 32.5 Å². The molecule has 390 valence electrons. The number of carbonyl (C=O) groups is 5. The molecule has 0 heterocycles. The fraction of sp³-hybridized carbons (Fsp3) is 0.646. The average Bonchev–Trinajstić information content (AvgIpc) is 3.29. The van der Waals surface area contributed by atoms with Crippen LogP contribution in [0.3, 0.4) is 0 Å². The van der Waals surface area contributed by atoms with Gasteiger partial charge < -0.3 is 48.5 Å². The lowest BCUT2D eigenvalue weighted by Gasteiger charge is -2.20. The van der Waals surface area contributed by atoms with Gasteiger partial charge in [-0.1, -0.05) is 66.8 Å². The molecule has 0 saturated heterocycles. The number of methoxy groups -OCH3 is 1. The molecular weight excluding hydrogens is 1130 g/mol. The summed E-state index contributed by atoms with van der Waals surface area (Å²) in [4.78, 5) is 58.1. The van der Waals surface area contributed by atoms with Gasteiger partial charge in [-0.25, -0.2) is 9.59 Å². The van der Waals surface area contributed by atoms with Crippen molar-refractivity contribution in [3.63, 3.8) is 0 Å². The zero-order valence-corrected chi connectivity index (χ0v) is 47.7. The van der Waals surface area contributed by atoms with E-state index in [0.717, 1.165) is 24.8 Å². The van der Waals surface area contributed by atoms with Crippen molar-refractivity contribution in [2.24, 2.45) is 16.2 Å². The van der Waals surface area contributed by atoms with Crippen molar-refractivity contribution >= 4 is 101 Å². The van der Waals surface area contributed by atoms with Crippen LogP contribution in [0, 0.1) is 16.2 Å². The molecule has 0 fully saturated rings. The van der Waals surface area contributed by atoms with Crippen LogP contribution in [-0.2, 0) is 54.1 Å². The van der Waals surface area contributed by atoms with Gasteiger partial charge in [-0.05, 0) is 142 Å². The molecule has 0 bridgehead atoms. The second-order valence-electron chi connectivity index (χ2n) is 17.1. The van der Waals surface area contributed by atoms with Crippen molar-refractivity contribution in [2.75, 3.05) is 58.7 Å². The van der Waals surface area contributed by atoms with Crippen molar-refractivity contribution in [3.8, 4) is 0 Å². The molecule has 3 N–H and O–H groups in total. The van der Waals surface area contributed by atoms with Crippen LogP contribution in [-0.4, -0.2) is 122 Å². The Labute approximate surface area is 438 Å². The van der Waals surface area contributed by atoms with Crippen molar-refractivity contribution in [1.29, 1.82) is 0 Å². The van der Waals surface area contributed by atoms with Gasteiger partial charge in [0.25, 0.3) is 0 Å². The fourth-order valence-corrected chi connectivity index (χ4v) is 5.88. The topological polar surface area (TPSA) is 211 Å². The maximum atomic E-state index is 12.2. The van der Waals surface area contributed by atoms with E-state index in [1.165, 1.54) is 19.2 Å². The Balaban J connectivity index is 0. The van der Waals surface area contributed by atoms with E-state index in [-0.39, 0.29) is 80.7 Å². The van der Waals surface area contributed by atoms with Gasteiger partial charge >= 0.3 is 29.8 Å². The van der Waals surface area contributed by atoms with E-state index in [2.05, 4.69) is 52.5 Å². The first-order valence-electron chi connectivity index (χ1n) is 22.1. The van der Waals surface area contributed by atoms with E-state index in [0.29, 0.717) is 37.3 Å². The number of alkyl halides is 1. The number of ether oxygens (including phenoxy) is 7. The lowest BCUT2D eigenvalue weighted by Crippen LogP contribution is -2.28. The first-order chi connectivity index (χ1) is 31.6. The molecule has 0 aliphatic carbocycles. The molecule has 0 aliphatic heterocycles. The van der Waals surface area contributed by atoms with Crippen LogP contribution < -0.4 is 0 Å². The summed E-state index contributed by atoms with van der Waals surface area (Å²) in [5.41, 5.74) is 0.0192. The molecule has 68 heavy (non-hydrogen) atoms. The lowest BCUT2D eigenvalue weighted by atomic mass is 9.91. The number of halogens is 5. The highest BCUT2D eigenvalue weighted by Gasteiger charge is 2.29. The molecule has 2 aromatic rings. The third-order valence-corrected chi connectivity index (χ3v) is 12.0. The molecule has 0 spiro atoms. The summed E-state index contributed by atoms with van der Waals surface area (Å²) in [7, 11) is 1.26. The monoisotopic (exact) mass is 1200 g/mol. The fourth-order valence-electron chi connectivity index (χ4n) is 4.13. The molecule has 15 nitrogen and oxygen atoms in total. The van der Waals surface area contributed by atoms with E-state index in [4.69, 9.17) is 56.7 Å². The number of hydrogen-bond acceptors (Lipinski definition) is 15. The number of aliphatic hydroxyl groups excluding tert-OH is 3. The minimum atomic E-state index is -0.998. The molecule has 3 atom stereocenters. The van der Waals surface area contributed by atoms with Gasteiger partial charge in [0.15, 0.2) is 0 Å². The van der Waals surface area contributed by atoms with Crippen LogP contribution in [0.25, 0.3) is 0 Å². The highest BCUT2D eigenvalue weighted by molar-refractivity contribution is 9.11. The average molecular weight is 1200 g/mol. The van der Waals surface area contributed by atoms with Gasteiger partial charge in [-0.3, -0.25) is 14.4 Å². The van der Waals surface area contributed by atoms with E-state index in [1.54, 1.807) is 25.1 Å². The number of carbonyl (C=O) groups excluding carboxylic acids is 5. The van der Waals surface area contributed by atoms with Crippen molar-refractivity contribution in [1.82, 2.24) is 0 Å². The van der Waals surface area contributed by atoms with E-state index < -0.39 is 41.1 Å². The summed E-state index contributed by atoms with van der Waals surface area (Å²) in [6.07, 6.45) is 0.833. The van der Waals surface area contributed by atoms with Gasteiger partial charge in [0, 0.05) is 24.3 Å². The summed E-state index contributed by atoms with van der Waals surface area (Å²) < 4.78 is 36.0. The first kappa shape index (κ1) is 67.7.